The van der Waals surface area contributed by atoms with Crippen molar-refractivity contribution in [2.24, 2.45) is 0 Å². The van der Waals surface area contributed by atoms with Crippen molar-refractivity contribution in [3.05, 3.63) is 24.5 Å². The highest BCUT2D eigenvalue weighted by Crippen LogP contribution is 2.10. The van der Waals surface area contributed by atoms with E-state index in [1.165, 1.54) is 63.9 Å². The lowest BCUT2D eigenvalue weighted by Crippen LogP contribution is -2.06. The standard InChI is InChI=1S/C16H30O2.C6H10O3/c1-3-5-6-7-8-9-10-11-12-13-15-18-16(17)14-4-2;1-3-4-9-6(8)5(2)7/h4,14H,3,5-13,15H2,1-2H3;7H,2-4H2,1H3/b14-4+;. The molecule has 0 aromatic carbocycles. The number of allylic oxidation sites excluding steroid dienone is 1. The Morgan fingerprint density at radius 1 is 0.815 bits per heavy atom. The van der Waals surface area contributed by atoms with Crippen LogP contribution in [0.25, 0.3) is 0 Å². The summed E-state index contributed by atoms with van der Waals surface area (Å²) < 4.78 is 9.49. The predicted octanol–water partition coefficient (Wildman–Crippen LogP) is 6.04. The van der Waals surface area contributed by atoms with Gasteiger partial charge in [-0.25, -0.2) is 9.59 Å². The molecule has 0 fully saturated rings. The Morgan fingerprint density at radius 2 is 1.33 bits per heavy atom. The van der Waals surface area contributed by atoms with E-state index in [2.05, 4.69) is 18.2 Å². The van der Waals surface area contributed by atoms with Crippen molar-refractivity contribution >= 4 is 11.9 Å². The van der Waals surface area contributed by atoms with Crippen LogP contribution in [0.5, 0.6) is 0 Å². The van der Waals surface area contributed by atoms with Gasteiger partial charge in [0.1, 0.15) is 0 Å². The van der Waals surface area contributed by atoms with Gasteiger partial charge < -0.3 is 14.6 Å². The number of carbonyl (C=O) groups excluding carboxylic acids is 2. The summed E-state index contributed by atoms with van der Waals surface area (Å²) in [5.41, 5.74) is 0. The number of aliphatic hydroxyl groups excluding tert-OH is 1. The van der Waals surface area contributed by atoms with Crippen molar-refractivity contribution in [2.75, 3.05) is 13.2 Å². The van der Waals surface area contributed by atoms with Crippen molar-refractivity contribution in [3.63, 3.8) is 0 Å². The molecule has 0 radical (unpaired) electrons. The zero-order valence-corrected chi connectivity index (χ0v) is 17.6. The molecule has 0 aliphatic heterocycles. The van der Waals surface area contributed by atoms with E-state index in [0.29, 0.717) is 13.2 Å². The number of unbranched alkanes of at least 4 members (excludes halogenated alkanes) is 9. The monoisotopic (exact) mass is 384 g/mol. The van der Waals surface area contributed by atoms with Crippen molar-refractivity contribution < 1.29 is 24.2 Å². The highest BCUT2D eigenvalue weighted by Gasteiger charge is 2.03. The molecule has 27 heavy (non-hydrogen) atoms. The van der Waals surface area contributed by atoms with Crippen molar-refractivity contribution in [1.82, 2.24) is 0 Å². The smallest absolute Gasteiger partial charge is 0.372 e. The zero-order valence-electron chi connectivity index (χ0n) is 17.6. The van der Waals surface area contributed by atoms with Gasteiger partial charge in [-0.1, -0.05) is 77.7 Å². The van der Waals surface area contributed by atoms with Crippen molar-refractivity contribution in [2.45, 2.75) is 91.4 Å². The van der Waals surface area contributed by atoms with E-state index in [4.69, 9.17) is 9.84 Å². The number of carbonyl (C=O) groups is 2. The molecule has 5 heteroatoms. The summed E-state index contributed by atoms with van der Waals surface area (Å²) in [6.07, 6.45) is 17.0. The third kappa shape index (κ3) is 24.2. The minimum absolute atomic E-state index is 0.214. The van der Waals surface area contributed by atoms with Gasteiger partial charge >= 0.3 is 11.9 Å². The van der Waals surface area contributed by atoms with E-state index in [9.17, 15) is 9.59 Å². The molecule has 0 saturated heterocycles. The lowest BCUT2D eigenvalue weighted by molar-refractivity contribution is -0.142. The average Bonchev–Trinajstić information content (AvgIpc) is 2.64. The highest BCUT2D eigenvalue weighted by atomic mass is 16.5. The molecule has 0 aromatic heterocycles. The molecule has 0 aliphatic rings. The number of ether oxygens (including phenoxy) is 2. The Hall–Kier alpha value is -1.78. The second-order valence-corrected chi connectivity index (χ2v) is 6.43. The van der Waals surface area contributed by atoms with Crippen molar-refractivity contribution in [1.29, 1.82) is 0 Å². The van der Waals surface area contributed by atoms with Crippen LogP contribution in [0.15, 0.2) is 24.5 Å². The minimum atomic E-state index is -0.739. The summed E-state index contributed by atoms with van der Waals surface area (Å²) in [7, 11) is 0. The fourth-order valence-electron chi connectivity index (χ4n) is 2.22. The van der Waals surface area contributed by atoms with Gasteiger partial charge in [0.15, 0.2) is 5.76 Å². The summed E-state index contributed by atoms with van der Waals surface area (Å²) in [6.45, 7) is 9.83. The first-order valence-electron chi connectivity index (χ1n) is 10.3. The predicted molar refractivity (Wildman–Crippen MR) is 111 cm³/mol. The van der Waals surface area contributed by atoms with Gasteiger partial charge in [-0.05, 0) is 26.3 Å². The molecule has 0 saturated carbocycles. The normalized spacial score (nSPS) is 10.2. The molecule has 0 rings (SSSR count). The summed E-state index contributed by atoms with van der Waals surface area (Å²) in [5, 5.41) is 8.38. The molecule has 0 heterocycles. The zero-order chi connectivity index (χ0) is 20.8. The first-order valence-corrected chi connectivity index (χ1v) is 10.3. The molecule has 0 atom stereocenters. The fraction of sp³-hybridized carbons (Fsp3) is 0.727. The van der Waals surface area contributed by atoms with E-state index in [0.717, 1.165) is 12.8 Å². The second-order valence-electron chi connectivity index (χ2n) is 6.43. The van der Waals surface area contributed by atoms with Crippen LogP contribution < -0.4 is 0 Å². The van der Waals surface area contributed by atoms with Crippen LogP contribution >= 0.6 is 0 Å². The van der Waals surface area contributed by atoms with Crippen LogP contribution in [-0.4, -0.2) is 30.3 Å². The van der Waals surface area contributed by atoms with Gasteiger partial charge in [-0.15, -0.1) is 0 Å². The fourth-order valence-corrected chi connectivity index (χ4v) is 2.22. The number of hydrogen-bond donors (Lipinski definition) is 1. The van der Waals surface area contributed by atoms with Crippen molar-refractivity contribution in [3.8, 4) is 0 Å². The van der Waals surface area contributed by atoms with E-state index in [1.54, 1.807) is 6.08 Å². The molecule has 0 spiro atoms. The Bertz CT molecular complexity index is 402. The third-order valence-electron chi connectivity index (χ3n) is 3.72. The van der Waals surface area contributed by atoms with Crippen LogP contribution in [0.1, 0.15) is 91.4 Å². The molecular formula is C22H40O5. The SMILES string of the molecule is C/C=C/C(=O)OCCCCCCCCCCCC.C=C(O)C(=O)OCCC. The van der Waals surface area contributed by atoms with Crippen LogP contribution in [0.3, 0.4) is 0 Å². The maximum absolute atomic E-state index is 11.0. The maximum atomic E-state index is 11.0. The number of hydrogen-bond acceptors (Lipinski definition) is 5. The van der Waals surface area contributed by atoms with E-state index in [-0.39, 0.29) is 5.97 Å². The van der Waals surface area contributed by atoms with Gasteiger partial charge in [0, 0.05) is 6.08 Å². The van der Waals surface area contributed by atoms with Gasteiger partial charge in [0.2, 0.25) is 0 Å². The lowest BCUT2D eigenvalue weighted by atomic mass is 10.1. The Morgan fingerprint density at radius 3 is 1.78 bits per heavy atom. The Kier molecular flexibility index (Phi) is 22.6. The number of aliphatic hydroxyl groups is 1. The topological polar surface area (TPSA) is 72.8 Å². The molecule has 158 valence electrons. The second kappa shape index (κ2) is 22.3. The quantitative estimate of drug-likeness (QED) is 0.161. The first-order chi connectivity index (χ1) is 13.0. The van der Waals surface area contributed by atoms with Gasteiger partial charge in [0.05, 0.1) is 13.2 Å². The van der Waals surface area contributed by atoms with Crippen LogP contribution in [-0.2, 0) is 19.1 Å². The summed E-state index contributed by atoms with van der Waals surface area (Å²) in [5.74, 6) is -1.49. The summed E-state index contributed by atoms with van der Waals surface area (Å²) >= 11 is 0. The molecule has 5 nitrogen and oxygen atoms in total. The molecule has 0 amide bonds. The molecule has 0 unspecified atom stereocenters. The Balaban J connectivity index is 0. The largest absolute Gasteiger partial charge is 0.502 e. The average molecular weight is 385 g/mol. The van der Waals surface area contributed by atoms with Crippen LogP contribution in [0, 0.1) is 0 Å². The van der Waals surface area contributed by atoms with E-state index in [1.807, 2.05) is 13.8 Å². The van der Waals surface area contributed by atoms with Gasteiger partial charge in [-0.2, -0.15) is 0 Å². The number of esters is 2. The third-order valence-corrected chi connectivity index (χ3v) is 3.72. The van der Waals surface area contributed by atoms with Crippen LogP contribution in [0.2, 0.25) is 0 Å². The number of rotatable bonds is 15. The first kappa shape index (κ1) is 27.4. The Labute approximate surface area is 165 Å². The maximum Gasteiger partial charge on any atom is 0.372 e. The van der Waals surface area contributed by atoms with Gasteiger partial charge in [0.25, 0.3) is 0 Å². The summed E-state index contributed by atoms with van der Waals surface area (Å²) in [6, 6.07) is 0. The van der Waals surface area contributed by atoms with Crippen LogP contribution in [0.4, 0.5) is 0 Å². The minimum Gasteiger partial charge on any atom is -0.502 e. The highest BCUT2D eigenvalue weighted by molar-refractivity contribution is 5.84. The van der Waals surface area contributed by atoms with E-state index >= 15 is 0 Å². The lowest BCUT2D eigenvalue weighted by Gasteiger charge is -2.03. The molecule has 0 aliphatic carbocycles. The summed E-state index contributed by atoms with van der Waals surface area (Å²) in [4.78, 5) is 21.3. The molecular weight excluding hydrogens is 344 g/mol. The molecule has 0 bridgehead atoms. The molecule has 1 N–H and O–H groups in total. The van der Waals surface area contributed by atoms with Gasteiger partial charge in [-0.3, -0.25) is 0 Å². The molecule has 0 aromatic rings. The van der Waals surface area contributed by atoms with E-state index < -0.39 is 11.7 Å².